The van der Waals surface area contributed by atoms with Crippen molar-refractivity contribution >= 4 is 15.9 Å². The lowest BCUT2D eigenvalue weighted by atomic mass is 9.96. The van der Waals surface area contributed by atoms with Crippen LogP contribution in [0.4, 0.5) is 8.78 Å². The van der Waals surface area contributed by atoms with Crippen LogP contribution >= 0.6 is 15.9 Å². The summed E-state index contributed by atoms with van der Waals surface area (Å²) in [5.41, 5.74) is -0.540. The van der Waals surface area contributed by atoms with Crippen molar-refractivity contribution < 1.29 is 18.6 Å². The SMILES string of the molecule is CC(C)(CO)COc1c(F)ccc(Br)c1F. The van der Waals surface area contributed by atoms with Crippen molar-refractivity contribution in [2.45, 2.75) is 13.8 Å². The molecule has 0 aliphatic rings. The molecular weight excluding hydrogens is 282 g/mol. The third kappa shape index (κ3) is 3.15. The van der Waals surface area contributed by atoms with Gasteiger partial charge in [-0.15, -0.1) is 0 Å². The Balaban J connectivity index is 2.86. The molecule has 16 heavy (non-hydrogen) atoms. The zero-order valence-corrected chi connectivity index (χ0v) is 10.6. The molecule has 90 valence electrons. The Morgan fingerprint density at radius 2 is 2.00 bits per heavy atom. The van der Waals surface area contributed by atoms with Crippen molar-refractivity contribution in [1.82, 2.24) is 0 Å². The van der Waals surface area contributed by atoms with Gasteiger partial charge >= 0.3 is 0 Å². The minimum absolute atomic E-state index is 0.0355. The fourth-order valence-electron chi connectivity index (χ4n) is 0.954. The Morgan fingerprint density at radius 1 is 1.38 bits per heavy atom. The van der Waals surface area contributed by atoms with Gasteiger partial charge in [0.1, 0.15) is 0 Å². The van der Waals surface area contributed by atoms with E-state index in [-0.39, 0.29) is 17.7 Å². The largest absolute Gasteiger partial charge is 0.487 e. The highest BCUT2D eigenvalue weighted by Crippen LogP contribution is 2.29. The van der Waals surface area contributed by atoms with Crippen LogP contribution in [0.3, 0.4) is 0 Å². The van der Waals surface area contributed by atoms with Crippen LogP contribution in [0.5, 0.6) is 5.75 Å². The summed E-state index contributed by atoms with van der Waals surface area (Å²) in [6.07, 6.45) is 0. The van der Waals surface area contributed by atoms with Gasteiger partial charge in [-0.1, -0.05) is 13.8 Å². The van der Waals surface area contributed by atoms with Crippen LogP contribution in [-0.4, -0.2) is 18.3 Å². The number of aliphatic hydroxyl groups excluding tert-OH is 1. The molecule has 0 bridgehead atoms. The predicted octanol–water partition coefficient (Wildman–Crippen LogP) is 3.12. The van der Waals surface area contributed by atoms with Crippen molar-refractivity contribution in [1.29, 1.82) is 0 Å². The molecule has 0 amide bonds. The first-order valence-corrected chi connectivity index (χ1v) is 5.54. The number of hydrogen-bond acceptors (Lipinski definition) is 2. The average Bonchev–Trinajstić information content (AvgIpc) is 2.24. The zero-order valence-electron chi connectivity index (χ0n) is 9.06. The Kier molecular flexibility index (Phi) is 4.27. The summed E-state index contributed by atoms with van der Waals surface area (Å²) in [7, 11) is 0. The highest BCUT2D eigenvalue weighted by Gasteiger charge is 2.21. The van der Waals surface area contributed by atoms with Crippen LogP contribution in [0.1, 0.15) is 13.8 Å². The van der Waals surface area contributed by atoms with Crippen molar-refractivity contribution in [2.24, 2.45) is 5.41 Å². The molecule has 0 aliphatic carbocycles. The molecule has 0 saturated heterocycles. The predicted molar refractivity (Wildman–Crippen MR) is 60.4 cm³/mol. The fourth-order valence-corrected chi connectivity index (χ4v) is 1.27. The van der Waals surface area contributed by atoms with E-state index in [0.717, 1.165) is 6.07 Å². The van der Waals surface area contributed by atoms with Crippen molar-refractivity contribution in [2.75, 3.05) is 13.2 Å². The number of benzene rings is 1. The van der Waals surface area contributed by atoms with E-state index in [0.29, 0.717) is 0 Å². The zero-order chi connectivity index (χ0) is 12.3. The standard InChI is InChI=1S/C11H13BrF2O2/c1-11(2,5-15)6-16-10-8(13)4-3-7(12)9(10)14/h3-4,15H,5-6H2,1-2H3. The molecule has 5 heteroatoms. The summed E-state index contributed by atoms with van der Waals surface area (Å²) in [6, 6.07) is 2.39. The van der Waals surface area contributed by atoms with Crippen molar-refractivity contribution in [3.05, 3.63) is 28.2 Å². The number of ether oxygens (including phenoxy) is 1. The Labute approximate surface area is 101 Å². The second-order valence-corrected chi connectivity index (χ2v) is 5.14. The van der Waals surface area contributed by atoms with Crippen molar-refractivity contribution in [3.63, 3.8) is 0 Å². The summed E-state index contributed by atoms with van der Waals surface area (Å²) in [5, 5.41) is 8.99. The number of hydrogen-bond donors (Lipinski definition) is 1. The maximum Gasteiger partial charge on any atom is 0.191 e. The molecule has 1 rings (SSSR count). The molecule has 0 heterocycles. The molecule has 1 N–H and O–H groups in total. The molecule has 0 aromatic heterocycles. The quantitative estimate of drug-likeness (QED) is 0.865. The summed E-state index contributed by atoms with van der Waals surface area (Å²) in [5.74, 6) is -1.95. The van der Waals surface area contributed by atoms with Gasteiger partial charge in [0.25, 0.3) is 0 Å². The number of rotatable bonds is 4. The molecule has 0 fully saturated rings. The van der Waals surface area contributed by atoms with Crippen LogP contribution in [0.15, 0.2) is 16.6 Å². The first kappa shape index (κ1) is 13.4. The average molecular weight is 295 g/mol. The first-order valence-electron chi connectivity index (χ1n) is 4.74. The van der Waals surface area contributed by atoms with Gasteiger partial charge in [0, 0.05) is 5.41 Å². The molecule has 2 nitrogen and oxygen atoms in total. The molecule has 0 unspecified atom stereocenters. The van der Waals surface area contributed by atoms with E-state index in [2.05, 4.69) is 15.9 Å². The van der Waals surface area contributed by atoms with E-state index in [1.54, 1.807) is 13.8 Å². The fraction of sp³-hybridized carbons (Fsp3) is 0.455. The lowest BCUT2D eigenvalue weighted by molar-refractivity contribution is 0.0928. The maximum atomic E-state index is 13.5. The van der Waals surface area contributed by atoms with Crippen LogP contribution in [0.25, 0.3) is 0 Å². The third-order valence-electron chi connectivity index (χ3n) is 2.04. The van der Waals surface area contributed by atoms with E-state index < -0.39 is 22.8 Å². The molecule has 0 atom stereocenters. The van der Waals surface area contributed by atoms with Gasteiger partial charge in [-0.2, -0.15) is 0 Å². The lowest BCUT2D eigenvalue weighted by Crippen LogP contribution is -2.25. The first-order chi connectivity index (χ1) is 7.37. The van der Waals surface area contributed by atoms with Crippen LogP contribution in [0, 0.1) is 17.0 Å². The summed E-state index contributed by atoms with van der Waals surface area (Å²) < 4.78 is 31.9. The van der Waals surface area contributed by atoms with Crippen LogP contribution < -0.4 is 4.74 Å². The Bertz CT molecular complexity index is 380. The highest BCUT2D eigenvalue weighted by atomic mass is 79.9. The molecule has 1 aromatic rings. The molecule has 0 saturated carbocycles. The normalized spacial score (nSPS) is 11.6. The minimum Gasteiger partial charge on any atom is -0.487 e. The lowest BCUT2D eigenvalue weighted by Gasteiger charge is -2.22. The van der Waals surface area contributed by atoms with Gasteiger partial charge in [0.2, 0.25) is 0 Å². The van der Waals surface area contributed by atoms with Crippen LogP contribution in [-0.2, 0) is 0 Å². The van der Waals surface area contributed by atoms with E-state index in [9.17, 15) is 8.78 Å². The van der Waals surface area contributed by atoms with Gasteiger partial charge in [-0.25, -0.2) is 8.78 Å². The van der Waals surface area contributed by atoms with Gasteiger partial charge in [0.05, 0.1) is 17.7 Å². The molecule has 0 aliphatic heterocycles. The van der Waals surface area contributed by atoms with Gasteiger partial charge in [0.15, 0.2) is 17.4 Å². The third-order valence-corrected chi connectivity index (χ3v) is 2.65. The van der Waals surface area contributed by atoms with Crippen LogP contribution in [0.2, 0.25) is 0 Å². The topological polar surface area (TPSA) is 29.5 Å². The van der Waals surface area contributed by atoms with Gasteiger partial charge in [-0.05, 0) is 28.1 Å². The molecular formula is C11H13BrF2O2. The summed E-state index contributed by atoms with van der Waals surface area (Å²) >= 11 is 2.95. The maximum absolute atomic E-state index is 13.5. The number of aliphatic hydroxyl groups is 1. The Morgan fingerprint density at radius 3 is 2.56 bits per heavy atom. The molecule has 1 aromatic carbocycles. The smallest absolute Gasteiger partial charge is 0.191 e. The van der Waals surface area contributed by atoms with E-state index in [1.165, 1.54) is 6.07 Å². The number of halogens is 3. The van der Waals surface area contributed by atoms with Gasteiger partial charge in [-0.3, -0.25) is 0 Å². The van der Waals surface area contributed by atoms with Gasteiger partial charge < -0.3 is 9.84 Å². The molecule has 0 radical (unpaired) electrons. The second-order valence-electron chi connectivity index (χ2n) is 4.28. The monoisotopic (exact) mass is 294 g/mol. The van der Waals surface area contributed by atoms with E-state index in [1.807, 2.05) is 0 Å². The van der Waals surface area contributed by atoms with E-state index >= 15 is 0 Å². The highest BCUT2D eigenvalue weighted by molar-refractivity contribution is 9.10. The second kappa shape index (κ2) is 5.10. The summed E-state index contributed by atoms with van der Waals surface area (Å²) in [6.45, 7) is 3.39. The van der Waals surface area contributed by atoms with E-state index in [4.69, 9.17) is 9.84 Å². The Hall–Kier alpha value is -0.680. The summed E-state index contributed by atoms with van der Waals surface area (Å²) in [4.78, 5) is 0. The van der Waals surface area contributed by atoms with Crippen molar-refractivity contribution in [3.8, 4) is 5.75 Å². The minimum atomic E-state index is -0.770. The molecule has 0 spiro atoms.